The fraction of sp³-hybridized carbons (Fsp3) is 0.722. The van der Waals surface area contributed by atoms with Gasteiger partial charge in [-0.2, -0.15) is 0 Å². The summed E-state index contributed by atoms with van der Waals surface area (Å²) in [6.07, 6.45) is 5.02. The molecule has 134 valence electrons. The van der Waals surface area contributed by atoms with Crippen molar-refractivity contribution in [2.45, 2.75) is 45.2 Å². The molecule has 24 heavy (non-hydrogen) atoms. The highest BCUT2D eigenvalue weighted by Gasteiger charge is 2.27. The predicted octanol–water partition coefficient (Wildman–Crippen LogP) is 0.489. The van der Waals surface area contributed by atoms with Crippen LogP contribution in [-0.2, 0) is 11.3 Å². The summed E-state index contributed by atoms with van der Waals surface area (Å²) in [6, 6.07) is 4.77. The highest BCUT2D eigenvalue weighted by atomic mass is 79.9. The van der Waals surface area contributed by atoms with Crippen molar-refractivity contribution in [3.8, 4) is 0 Å². The van der Waals surface area contributed by atoms with Gasteiger partial charge in [-0.3, -0.25) is 4.79 Å². The summed E-state index contributed by atoms with van der Waals surface area (Å²) in [4.78, 5) is 16.9. The summed E-state index contributed by atoms with van der Waals surface area (Å²) in [7, 11) is 0. The second-order valence-electron chi connectivity index (χ2n) is 7.50. The van der Waals surface area contributed by atoms with Crippen molar-refractivity contribution in [1.29, 1.82) is 0 Å². The van der Waals surface area contributed by atoms with E-state index in [-0.39, 0.29) is 5.91 Å². The van der Waals surface area contributed by atoms with Crippen molar-refractivity contribution in [2.75, 3.05) is 32.7 Å². The lowest BCUT2D eigenvalue weighted by Crippen LogP contribution is -3.28. The minimum absolute atomic E-state index is 0.259. The Morgan fingerprint density at radius 2 is 1.92 bits per heavy atom. The number of hydrogen-bond donors (Lipinski definition) is 3. The topological polar surface area (TPSA) is 38.0 Å². The van der Waals surface area contributed by atoms with Gasteiger partial charge in [-0.15, -0.1) is 11.3 Å². The summed E-state index contributed by atoms with van der Waals surface area (Å²) in [5, 5.41) is 3.30. The van der Waals surface area contributed by atoms with E-state index in [2.05, 4.69) is 40.3 Å². The van der Waals surface area contributed by atoms with Gasteiger partial charge in [0.2, 0.25) is 0 Å². The van der Waals surface area contributed by atoms with Crippen LogP contribution in [0.3, 0.4) is 0 Å². The molecule has 3 N–H and O–H groups in total. The normalized spacial score (nSPS) is 30.9. The Morgan fingerprint density at radius 3 is 2.58 bits per heavy atom. The molecule has 1 aromatic heterocycles. The van der Waals surface area contributed by atoms with Crippen LogP contribution >= 0.6 is 27.3 Å². The van der Waals surface area contributed by atoms with Crippen LogP contribution in [-0.4, -0.2) is 44.7 Å². The van der Waals surface area contributed by atoms with Gasteiger partial charge in [-0.05, 0) is 46.8 Å². The number of thiophene rings is 1. The average molecular weight is 416 g/mol. The maximum Gasteiger partial charge on any atom is 0.275 e. The number of carbonyl (C=O) groups is 1. The van der Waals surface area contributed by atoms with E-state index < -0.39 is 0 Å². The lowest BCUT2D eigenvalue weighted by atomic mass is 9.86. The van der Waals surface area contributed by atoms with E-state index in [0.29, 0.717) is 18.5 Å². The first-order valence-corrected chi connectivity index (χ1v) is 10.9. The number of rotatable bonds is 5. The first kappa shape index (κ1) is 18.4. The monoisotopic (exact) mass is 415 g/mol. The molecule has 0 unspecified atom stereocenters. The Morgan fingerprint density at radius 1 is 1.21 bits per heavy atom. The highest BCUT2D eigenvalue weighted by molar-refractivity contribution is 9.11. The van der Waals surface area contributed by atoms with Crippen molar-refractivity contribution in [1.82, 2.24) is 5.32 Å². The van der Waals surface area contributed by atoms with Crippen molar-refractivity contribution < 1.29 is 14.6 Å². The molecule has 1 aliphatic heterocycles. The van der Waals surface area contributed by atoms with E-state index >= 15 is 0 Å². The fourth-order valence-electron chi connectivity index (χ4n) is 4.02. The molecule has 1 amide bonds. The standard InChI is InChI=1S/C18H28BrN3OS/c1-14-4-2-3-5-16(14)20-18(23)13-22-10-8-21(9-11-22)12-15-6-7-17(19)24-15/h6-7,14,16H,2-5,8-13H2,1H3,(H,20,23)/p+2/t14-,16+/m0/s1. The van der Waals surface area contributed by atoms with Gasteiger partial charge in [0.1, 0.15) is 32.7 Å². The average Bonchev–Trinajstić information content (AvgIpc) is 2.96. The molecule has 2 atom stereocenters. The third-order valence-corrected chi connectivity index (χ3v) is 7.21. The quantitative estimate of drug-likeness (QED) is 0.643. The third-order valence-electron chi connectivity index (χ3n) is 5.59. The molecule has 0 aromatic carbocycles. The van der Waals surface area contributed by atoms with Crippen LogP contribution in [0, 0.1) is 5.92 Å². The predicted molar refractivity (Wildman–Crippen MR) is 102 cm³/mol. The van der Waals surface area contributed by atoms with Crippen LogP contribution in [0.15, 0.2) is 15.9 Å². The number of carbonyl (C=O) groups excluding carboxylic acids is 1. The van der Waals surface area contributed by atoms with E-state index in [4.69, 9.17) is 0 Å². The number of amides is 1. The van der Waals surface area contributed by atoms with Gasteiger partial charge in [-0.25, -0.2) is 0 Å². The van der Waals surface area contributed by atoms with E-state index in [0.717, 1.165) is 39.1 Å². The smallest absolute Gasteiger partial charge is 0.275 e. The Balaban J connectivity index is 1.37. The zero-order valence-corrected chi connectivity index (χ0v) is 17.0. The van der Waals surface area contributed by atoms with Crippen LogP contribution in [0.4, 0.5) is 0 Å². The molecule has 0 radical (unpaired) electrons. The van der Waals surface area contributed by atoms with Gasteiger partial charge in [0, 0.05) is 6.04 Å². The first-order chi connectivity index (χ1) is 11.6. The summed E-state index contributed by atoms with van der Waals surface area (Å²) >= 11 is 5.38. The van der Waals surface area contributed by atoms with Gasteiger partial charge >= 0.3 is 0 Å². The number of nitrogens with one attached hydrogen (secondary N) is 3. The summed E-state index contributed by atoms with van der Waals surface area (Å²) in [5.74, 6) is 0.901. The Hall–Kier alpha value is -0.430. The van der Waals surface area contributed by atoms with E-state index in [1.54, 1.807) is 4.90 Å². The zero-order chi connectivity index (χ0) is 16.9. The molecular weight excluding hydrogens is 386 g/mol. The van der Waals surface area contributed by atoms with Crippen molar-refractivity contribution >= 4 is 33.2 Å². The van der Waals surface area contributed by atoms with E-state index in [9.17, 15) is 4.79 Å². The molecule has 6 heteroatoms. The molecule has 0 bridgehead atoms. The minimum Gasteiger partial charge on any atom is -0.348 e. The number of piperazine rings is 1. The van der Waals surface area contributed by atoms with Crippen LogP contribution in [0.1, 0.15) is 37.5 Å². The largest absolute Gasteiger partial charge is 0.348 e. The Labute approximate surface area is 157 Å². The van der Waals surface area contributed by atoms with Crippen LogP contribution in [0.2, 0.25) is 0 Å². The minimum atomic E-state index is 0.259. The maximum atomic E-state index is 12.4. The maximum absolute atomic E-state index is 12.4. The van der Waals surface area contributed by atoms with Gasteiger partial charge < -0.3 is 15.1 Å². The fourth-order valence-corrected chi connectivity index (χ4v) is 5.57. The summed E-state index contributed by atoms with van der Waals surface area (Å²) < 4.78 is 1.22. The highest BCUT2D eigenvalue weighted by Crippen LogP contribution is 2.23. The summed E-state index contributed by atoms with van der Waals surface area (Å²) in [5.41, 5.74) is 0. The van der Waals surface area contributed by atoms with Crippen molar-refractivity contribution in [3.05, 3.63) is 20.8 Å². The second kappa shape index (κ2) is 8.79. The molecule has 3 rings (SSSR count). The van der Waals surface area contributed by atoms with Crippen LogP contribution in [0.25, 0.3) is 0 Å². The van der Waals surface area contributed by atoms with Gasteiger partial charge in [0.25, 0.3) is 5.91 Å². The van der Waals surface area contributed by atoms with Crippen LogP contribution < -0.4 is 15.1 Å². The molecule has 0 spiro atoms. The lowest BCUT2D eigenvalue weighted by Gasteiger charge is -2.31. The van der Waals surface area contributed by atoms with Crippen LogP contribution in [0.5, 0.6) is 0 Å². The van der Waals surface area contributed by atoms with Gasteiger partial charge in [-0.1, -0.05) is 19.8 Å². The van der Waals surface area contributed by atoms with Gasteiger partial charge in [0.05, 0.1) is 8.66 Å². The van der Waals surface area contributed by atoms with E-state index in [1.165, 1.54) is 32.8 Å². The molecule has 1 saturated heterocycles. The SMILES string of the molecule is C[C@H]1CCCC[C@H]1NC(=O)C[NH+]1CC[NH+](Cc2ccc(Br)s2)CC1. The Bertz CT molecular complexity index is 542. The molecule has 2 fully saturated rings. The molecule has 2 heterocycles. The molecule has 4 nitrogen and oxygen atoms in total. The number of quaternary nitrogens is 2. The number of hydrogen-bond acceptors (Lipinski definition) is 2. The van der Waals surface area contributed by atoms with E-state index in [1.807, 2.05) is 11.3 Å². The molecule has 1 aromatic rings. The molecule has 2 aliphatic rings. The van der Waals surface area contributed by atoms with Crippen molar-refractivity contribution in [2.24, 2.45) is 5.92 Å². The second-order valence-corrected chi connectivity index (χ2v) is 10.0. The summed E-state index contributed by atoms with van der Waals surface area (Å²) in [6.45, 7) is 8.60. The first-order valence-electron chi connectivity index (χ1n) is 9.31. The molecular formula is C18H30BrN3OS+2. The number of halogens is 1. The zero-order valence-electron chi connectivity index (χ0n) is 14.6. The van der Waals surface area contributed by atoms with Crippen molar-refractivity contribution in [3.63, 3.8) is 0 Å². The van der Waals surface area contributed by atoms with Gasteiger partial charge in [0.15, 0.2) is 6.54 Å². The lowest BCUT2D eigenvalue weighted by molar-refractivity contribution is -1.01. The Kier molecular flexibility index (Phi) is 6.72. The molecule has 1 saturated carbocycles. The molecule has 1 aliphatic carbocycles. The third kappa shape index (κ3) is 5.28.